The average Bonchev–Trinajstić information content (AvgIpc) is 2.73. The molecule has 0 fully saturated rings. The van der Waals surface area contributed by atoms with Crippen LogP contribution in [0.3, 0.4) is 0 Å². The molecule has 0 radical (unpaired) electrons. The molecule has 1 atom stereocenters. The van der Waals surface area contributed by atoms with E-state index in [0.717, 1.165) is 22.5 Å². The summed E-state index contributed by atoms with van der Waals surface area (Å²) in [6, 6.07) is 5.42. The van der Waals surface area contributed by atoms with Crippen LogP contribution in [0.25, 0.3) is 0 Å². The van der Waals surface area contributed by atoms with E-state index in [4.69, 9.17) is 9.47 Å². The number of nitrogens with one attached hydrogen (secondary N) is 1. The fraction of sp³-hybridized carbons (Fsp3) is 0.375. The highest BCUT2D eigenvalue weighted by atomic mass is 16.5. The number of hydrogen-bond acceptors (Lipinski definition) is 3. The SMILES string of the molecule is COc1ccc(C(O)c2[nH]c(C)c(C)c2C)c(OC)c1. The Morgan fingerprint density at radius 2 is 1.75 bits per heavy atom. The Labute approximate surface area is 119 Å². The quantitative estimate of drug-likeness (QED) is 0.901. The van der Waals surface area contributed by atoms with Crippen molar-refractivity contribution in [2.75, 3.05) is 14.2 Å². The number of ether oxygens (including phenoxy) is 2. The molecule has 4 heteroatoms. The molecule has 1 unspecified atom stereocenters. The standard InChI is InChI=1S/C16H21NO3/c1-9-10(2)15(17-11(9)3)16(18)13-7-6-12(19-4)8-14(13)20-5/h6-8,16-18H,1-5H3. The molecule has 2 N–H and O–H groups in total. The first-order chi connectivity index (χ1) is 9.49. The van der Waals surface area contributed by atoms with Crippen molar-refractivity contribution >= 4 is 0 Å². The minimum absolute atomic E-state index is 0.612. The van der Waals surface area contributed by atoms with Crippen molar-refractivity contribution in [3.63, 3.8) is 0 Å². The van der Waals surface area contributed by atoms with Gasteiger partial charge >= 0.3 is 0 Å². The van der Waals surface area contributed by atoms with Gasteiger partial charge in [-0.3, -0.25) is 0 Å². The second-order valence-corrected chi connectivity index (χ2v) is 4.92. The Hall–Kier alpha value is -1.94. The summed E-state index contributed by atoms with van der Waals surface area (Å²) < 4.78 is 10.5. The van der Waals surface area contributed by atoms with Crippen LogP contribution in [0.2, 0.25) is 0 Å². The van der Waals surface area contributed by atoms with Crippen LogP contribution in [0.1, 0.15) is 34.2 Å². The number of aliphatic hydroxyl groups is 1. The van der Waals surface area contributed by atoms with E-state index in [1.165, 1.54) is 5.56 Å². The summed E-state index contributed by atoms with van der Waals surface area (Å²) in [5.74, 6) is 1.31. The molecule has 0 spiro atoms. The molecule has 1 heterocycles. The molecule has 0 aliphatic heterocycles. The van der Waals surface area contributed by atoms with Crippen LogP contribution in [0.4, 0.5) is 0 Å². The number of methoxy groups -OCH3 is 2. The summed E-state index contributed by atoms with van der Waals surface area (Å²) in [5, 5.41) is 10.6. The van der Waals surface area contributed by atoms with Gasteiger partial charge in [0.05, 0.1) is 19.9 Å². The van der Waals surface area contributed by atoms with Crippen molar-refractivity contribution in [1.82, 2.24) is 4.98 Å². The highest BCUT2D eigenvalue weighted by Crippen LogP contribution is 2.34. The lowest BCUT2D eigenvalue weighted by Gasteiger charge is -2.16. The van der Waals surface area contributed by atoms with Gasteiger partial charge in [-0.15, -0.1) is 0 Å². The third-order valence-electron chi connectivity index (χ3n) is 3.86. The van der Waals surface area contributed by atoms with Gasteiger partial charge in [0, 0.05) is 17.3 Å². The zero-order valence-corrected chi connectivity index (χ0v) is 12.6. The molecule has 0 amide bonds. The van der Waals surface area contributed by atoms with Crippen molar-refractivity contribution < 1.29 is 14.6 Å². The van der Waals surface area contributed by atoms with Gasteiger partial charge in [-0.1, -0.05) is 0 Å². The molecule has 0 bridgehead atoms. The van der Waals surface area contributed by atoms with E-state index in [0.29, 0.717) is 11.5 Å². The van der Waals surface area contributed by atoms with Crippen LogP contribution in [0.15, 0.2) is 18.2 Å². The van der Waals surface area contributed by atoms with Gasteiger partial charge in [0.15, 0.2) is 0 Å². The number of aryl methyl sites for hydroxylation is 1. The predicted octanol–water partition coefficient (Wildman–Crippen LogP) is 3.04. The molecule has 0 aliphatic carbocycles. The van der Waals surface area contributed by atoms with E-state index in [1.54, 1.807) is 20.3 Å². The van der Waals surface area contributed by atoms with E-state index in [9.17, 15) is 5.11 Å². The fourth-order valence-electron chi connectivity index (χ4n) is 2.35. The summed E-state index contributed by atoms with van der Waals surface area (Å²) in [6.07, 6.45) is -0.747. The maximum Gasteiger partial charge on any atom is 0.128 e. The van der Waals surface area contributed by atoms with Gasteiger partial charge in [0.1, 0.15) is 17.6 Å². The monoisotopic (exact) mass is 275 g/mol. The summed E-state index contributed by atoms with van der Waals surface area (Å²) in [5.41, 5.74) is 4.85. The van der Waals surface area contributed by atoms with Gasteiger partial charge in [-0.25, -0.2) is 0 Å². The highest BCUT2D eigenvalue weighted by molar-refractivity contribution is 5.47. The minimum Gasteiger partial charge on any atom is -0.497 e. The Balaban J connectivity index is 2.47. The number of hydrogen-bond donors (Lipinski definition) is 2. The van der Waals surface area contributed by atoms with Crippen LogP contribution >= 0.6 is 0 Å². The molecular weight excluding hydrogens is 254 g/mol. The summed E-state index contributed by atoms with van der Waals surface area (Å²) >= 11 is 0. The Morgan fingerprint density at radius 1 is 1.05 bits per heavy atom. The largest absolute Gasteiger partial charge is 0.497 e. The van der Waals surface area contributed by atoms with Gasteiger partial charge in [-0.05, 0) is 44.0 Å². The molecule has 1 aromatic heterocycles. The van der Waals surface area contributed by atoms with E-state index in [1.807, 2.05) is 32.9 Å². The summed E-state index contributed by atoms with van der Waals surface area (Å²) in [7, 11) is 3.19. The zero-order valence-electron chi connectivity index (χ0n) is 12.6. The van der Waals surface area contributed by atoms with E-state index < -0.39 is 6.10 Å². The van der Waals surface area contributed by atoms with Gasteiger partial charge in [0.25, 0.3) is 0 Å². The normalized spacial score (nSPS) is 12.3. The number of aromatic nitrogens is 1. The van der Waals surface area contributed by atoms with E-state index in [2.05, 4.69) is 4.98 Å². The first-order valence-corrected chi connectivity index (χ1v) is 6.55. The number of rotatable bonds is 4. The number of benzene rings is 1. The molecule has 1 aromatic carbocycles. The summed E-state index contributed by atoms with van der Waals surface area (Å²) in [4.78, 5) is 3.25. The first-order valence-electron chi connectivity index (χ1n) is 6.55. The van der Waals surface area contributed by atoms with Crippen LogP contribution in [-0.4, -0.2) is 24.3 Å². The minimum atomic E-state index is -0.747. The lowest BCUT2D eigenvalue weighted by atomic mass is 10.0. The topological polar surface area (TPSA) is 54.5 Å². The third kappa shape index (κ3) is 2.39. The molecule has 2 rings (SSSR count). The molecule has 0 saturated carbocycles. The first kappa shape index (κ1) is 14.5. The fourth-order valence-corrected chi connectivity index (χ4v) is 2.35. The lowest BCUT2D eigenvalue weighted by molar-refractivity contribution is 0.209. The van der Waals surface area contributed by atoms with Crippen molar-refractivity contribution in [2.45, 2.75) is 26.9 Å². The maximum absolute atomic E-state index is 10.6. The maximum atomic E-state index is 10.6. The summed E-state index contributed by atoms with van der Waals surface area (Å²) in [6.45, 7) is 6.06. The predicted molar refractivity (Wildman–Crippen MR) is 78.6 cm³/mol. The van der Waals surface area contributed by atoms with E-state index >= 15 is 0 Å². The Morgan fingerprint density at radius 3 is 2.25 bits per heavy atom. The van der Waals surface area contributed by atoms with Crippen LogP contribution < -0.4 is 9.47 Å². The van der Waals surface area contributed by atoms with Gasteiger partial charge in [-0.2, -0.15) is 0 Å². The second kappa shape index (κ2) is 5.59. The molecule has 108 valence electrons. The number of aromatic amines is 1. The van der Waals surface area contributed by atoms with Gasteiger partial charge in [0.2, 0.25) is 0 Å². The van der Waals surface area contributed by atoms with Gasteiger partial charge < -0.3 is 19.6 Å². The molecule has 0 saturated heterocycles. The van der Waals surface area contributed by atoms with Crippen molar-refractivity contribution in [3.05, 3.63) is 46.3 Å². The molecule has 2 aromatic rings. The average molecular weight is 275 g/mol. The Kier molecular flexibility index (Phi) is 4.04. The number of H-pyrrole nitrogens is 1. The van der Waals surface area contributed by atoms with Crippen LogP contribution in [-0.2, 0) is 0 Å². The zero-order chi connectivity index (χ0) is 14.9. The smallest absolute Gasteiger partial charge is 0.128 e. The van der Waals surface area contributed by atoms with Crippen LogP contribution in [0, 0.1) is 20.8 Å². The van der Waals surface area contributed by atoms with Crippen molar-refractivity contribution in [3.8, 4) is 11.5 Å². The van der Waals surface area contributed by atoms with Crippen molar-refractivity contribution in [1.29, 1.82) is 0 Å². The highest BCUT2D eigenvalue weighted by Gasteiger charge is 2.21. The Bertz CT molecular complexity index is 616. The third-order valence-corrected chi connectivity index (χ3v) is 3.86. The molecule has 0 aliphatic rings. The van der Waals surface area contributed by atoms with Crippen molar-refractivity contribution in [2.24, 2.45) is 0 Å². The molecule has 20 heavy (non-hydrogen) atoms. The van der Waals surface area contributed by atoms with E-state index in [-0.39, 0.29) is 0 Å². The molecular formula is C16H21NO3. The second-order valence-electron chi connectivity index (χ2n) is 4.92. The molecule has 4 nitrogen and oxygen atoms in total. The lowest BCUT2D eigenvalue weighted by Crippen LogP contribution is -2.04. The number of aliphatic hydroxyl groups excluding tert-OH is 1. The van der Waals surface area contributed by atoms with Crippen LogP contribution in [0.5, 0.6) is 11.5 Å².